The third kappa shape index (κ3) is 4.19. The van der Waals surface area contributed by atoms with Crippen molar-refractivity contribution in [1.82, 2.24) is 20.6 Å². The largest absolute Gasteiger partial charge is 0.351 e. The number of pyridine rings is 2. The van der Waals surface area contributed by atoms with E-state index < -0.39 is 0 Å². The van der Waals surface area contributed by atoms with Gasteiger partial charge in [-0.1, -0.05) is 31.2 Å². The van der Waals surface area contributed by atoms with Gasteiger partial charge in [-0.05, 0) is 37.2 Å². The van der Waals surface area contributed by atoms with Crippen LogP contribution in [0.1, 0.15) is 23.7 Å². The maximum atomic E-state index is 12.7. The van der Waals surface area contributed by atoms with Gasteiger partial charge in [-0.3, -0.25) is 9.78 Å². The van der Waals surface area contributed by atoms with E-state index in [1.807, 2.05) is 48.5 Å². The first-order valence-electron chi connectivity index (χ1n) is 8.59. The van der Waals surface area contributed by atoms with Crippen LogP contribution < -0.4 is 10.6 Å². The Balaban J connectivity index is 1.89. The summed E-state index contributed by atoms with van der Waals surface area (Å²) in [5, 5.41) is 7.11. The van der Waals surface area contributed by atoms with Crippen LogP contribution in [0.25, 0.3) is 22.3 Å². The molecule has 0 aliphatic carbocycles. The molecule has 3 aromatic rings. The second kappa shape index (κ2) is 8.35. The van der Waals surface area contributed by atoms with Crippen molar-refractivity contribution in [2.24, 2.45) is 0 Å². The number of carbonyl (C=O) groups is 1. The molecule has 3 rings (SSSR count). The number of nitrogens with one attached hydrogen (secondary N) is 2. The maximum absolute atomic E-state index is 12.7. The lowest BCUT2D eigenvalue weighted by atomic mass is 10.1. The van der Waals surface area contributed by atoms with Crippen LogP contribution in [0.2, 0.25) is 0 Å². The Kier molecular flexibility index (Phi) is 5.69. The molecule has 0 fully saturated rings. The average Bonchev–Trinajstić information content (AvgIpc) is 2.67. The molecule has 0 saturated heterocycles. The molecule has 2 heterocycles. The van der Waals surface area contributed by atoms with Crippen LogP contribution >= 0.6 is 0 Å². The van der Waals surface area contributed by atoms with Gasteiger partial charge in [0.1, 0.15) is 0 Å². The van der Waals surface area contributed by atoms with Crippen LogP contribution in [-0.4, -0.2) is 35.5 Å². The van der Waals surface area contributed by atoms with E-state index in [-0.39, 0.29) is 5.91 Å². The second-order valence-corrected chi connectivity index (χ2v) is 5.79. The Bertz CT molecular complexity index is 849. The lowest BCUT2D eigenvalue weighted by molar-refractivity contribution is 0.0955. The molecule has 0 bridgehead atoms. The zero-order valence-corrected chi connectivity index (χ0v) is 14.3. The Morgan fingerprint density at radius 3 is 2.64 bits per heavy atom. The van der Waals surface area contributed by atoms with E-state index in [0.717, 1.165) is 36.1 Å². The van der Waals surface area contributed by atoms with Gasteiger partial charge >= 0.3 is 0 Å². The predicted molar refractivity (Wildman–Crippen MR) is 100 cm³/mol. The first-order valence-corrected chi connectivity index (χ1v) is 8.59. The SMILES string of the molecule is CCCNCCNC(=O)c1cc(-c2ccccn2)nc2ccccc12. The number of hydrogen-bond acceptors (Lipinski definition) is 4. The molecule has 1 amide bonds. The van der Waals surface area contributed by atoms with Gasteiger partial charge in [0, 0.05) is 24.7 Å². The second-order valence-electron chi connectivity index (χ2n) is 5.79. The zero-order chi connectivity index (χ0) is 17.5. The van der Waals surface area contributed by atoms with Crippen LogP contribution in [0.15, 0.2) is 54.7 Å². The Morgan fingerprint density at radius 2 is 1.84 bits per heavy atom. The molecule has 5 nitrogen and oxygen atoms in total. The number of para-hydroxylation sites is 1. The van der Waals surface area contributed by atoms with Crippen LogP contribution in [-0.2, 0) is 0 Å². The number of amides is 1. The molecule has 5 heteroatoms. The highest BCUT2D eigenvalue weighted by Gasteiger charge is 2.13. The first-order chi connectivity index (χ1) is 12.3. The fraction of sp³-hybridized carbons (Fsp3) is 0.250. The van der Waals surface area contributed by atoms with Crippen LogP contribution in [0, 0.1) is 0 Å². The summed E-state index contributed by atoms with van der Waals surface area (Å²) in [4.78, 5) is 21.7. The van der Waals surface area contributed by atoms with E-state index in [4.69, 9.17) is 0 Å². The molecular weight excluding hydrogens is 312 g/mol. The molecule has 0 aliphatic rings. The number of aromatic nitrogens is 2. The summed E-state index contributed by atoms with van der Waals surface area (Å²) in [6.07, 6.45) is 2.81. The van der Waals surface area contributed by atoms with Gasteiger partial charge in [0.15, 0.2) is 0 Å². The van der Waals surface area contributed by atoms with Crippen molar-refractivity contribution in [3.05, 3.63) is 60.3 Å². The van der Waals surface area contributed by atoms with E-state index in [2.05, 4.69) is 27.5 Å². The minimum absolute atomic E-state index is 0.0888. The molecule has 2 aromatic heterocycles. The molecule has 0 radical (unpaired) electrons. The summed E-state index contributed by atoms with van der Waals surface area (Å²) in [5.41, 5.74) is 2.88. The van der Waals surface area contributed by atoms with E-state index in [1.165, 1.54) is 0 Å². The predicted octanol–water partition coefficient (Wildman–Crippen LogP) is 3.03. The molecule has 0 saturated carbocycles. The lowest BCUT2D eigenvalue weighted by Gasteiger charge is -2.10. The number of benzene rings is 1. The van der Waals surface area contributed by atoms with Crippen LogP contribution in [0.3, 0.4) is 0 Å². The highest BCUT2D eigenvalue weighted by atomic mass is 16.1. The fourth-order valence-electron chi connectivity index (χ4n) is 2.67. The molecule has 1 aromatic carbocycles. The van der Waals surface area contributed by atoms with Gasteiger partial charge in [0.05, 0.1) is 22.5 Å². The zero-order valence-electron chi connectivity index (χ0n) is 14.3. The summed E-state index contributed by atoms with van der Waals surface area (Å²) < 4.78 is 0. The highest BCUT2D eigenvalue weighted by molar-refractivity contribution is 6.07. The van der Waals surface area contributed by atoms with E-state index >= 15 is 0 Å². The molecule has 0 unspecified atom stereocenters. The average molecular weight is 334 g/mol. The summed E-state index contributed by atoms with van der Waals surface area (Å²) in [6.45, 7) is 4.43. The van der Waals surface area contributed by atoms with Gasteiger partial charge in [-0.25, -0.2) is 4.98 Å². The Morgan fingerprint density at radius 1 is 1.00 bits per heavy atom. The van der Waals surface area contributed by atoms with Gasteiger partial charge < -0.3 is 10.6 Å². The maximum Gasteiger partial charge on any atom is 0.252 e. The van der Waals surface area contributed by atoms with Crippen molar-refractivity contribution in [3.63, 3.8) is 0 Å². The fourth-order valence-corrected chi connectivity index (χ4v) is 2.67. The highest BCUT2D eigenvalue weighted by Crippen LogP contribution is 2.23. The standard InChI is InChI=1S/C20H22N4O/c1-2-10-21-12-13-23-20(25)16-14-19(18-9-5-6-11-22-18)24-17-8-4-3-7-15(16)17/h3-9,11,14,21H,2,10,12-13H2,1H3,(H,23,25). The minimum Gasteiger partial charge on any atom is -0.351 e. The first kappa shape index (κ1) is 17.0. The van der Waals surface area contributed by atoms with Crippen molar-refractivity contribution in [3.8, 4) is 11.4 Å². The van der Waals surface area contributed by atoms with Gasteiger partial charge in [-0.15, -0.1) is 0 Å². The summed E-state index contributed by atoms with van der Waals surface area (Å²) >= 11 is 0. The summed E-state index contributed by atoms with van der Waals surface area (Å²) in [6, 6.07) is 15.2. The van der Waals surface area contributed by atoms with Gasteiger partial charge in [0.2, 0.25) is 0 Å². The summed E-state index contributed by atoms with van der Waals surface area (Å²) in [7, 11) is 0. The number of rotatable bonds is 7. The Labute approximate surface area is 147 Å². The number of carbonyl (C=O) groups excluding carboxylic acids is 1. The van der Waals surface area contributed by atoms with Crippen LogP contribution in [0.5, 0.6) is 0 Å². The molecular formula is C20H22N4O. The molecule has 2 N–H and O–H groups in total. The van der Waals surface area contributed by atoms with E-state index in [0.29, 0.717) is 17.8 Å². The third-order valence-corrected chi connectivity index (χ3v) is 3.90. The van der Waals surface area contributed by atoms with Crippen molar-refractivity contribution in [1.29, 1.82) is 0 Å². The lowest BCUT2D eigenvalue weighted by Crippen LogP contribution is -2.32. The van der Waals surface area contributed by atoms with Crippen LogP contribution in [0.4, 0.5) is 0 Å². The molecule has 0 spiro atoms. The quantitative estimate of drug-likeness (QED) is 0.652. The minimum atomic E-state index is -0.0888. The normalized spacial score (nSPS) is 10.8. The van der Waals surface area contributed by atoms with Gasteiger partial charge in [0.25, 0.3) is 5.91 Å². The number of fused-ring (bicyclic) bond motifs is 1. The van der Waals surface area contributed by atoms with Gasteiger partial charge in [-0.2, -0.15) is 0 Å². The number of hydrogen-bond donors (Lipinski definition) is 2. The monoisotopic (exact) mass is 334 g/mol. The molecule has 0 atom stereocenters. The molecule has 25 heavy (non-hydrogen) atoms. The van der Waals surface area contributed by atoms with Crippen molar-refractivity contribution in [2.75, 3.05) is 19.6 Å². The summed E-state index contributed by atoms with van der Waals surface area (Å²) in [5.74, 6) is -0.0888. The van der Waals surface area contributed by atoms with Crippen molar-refractivity contribution < 1.29 is 4.79 Å². The van der Waals surface area contributed by atoms with Crippen molar-refractivity contribution in [2.45, 2.75) is 13.3 Å². The van der Waals surface area contributed by atoms with E-state index in [1.54, 1.807) is 6.20 Å². The third-order valence-electron chi connectivity index (χ3n) is 3.90. The number of nitrogens with zero attached hydrogens (tertiary/aromatic N) is 2. The molecule has 0 aliphatic heterocycles. The smallest absolute Gasteiger partial charge is 0.252 e. The van der Waals surface area contributed by atoms with Crippen molar-refractivity contribution >= 4 is 16.8 Å². The molecule has 128 valence electrons. The van der Waals surface area contributed by atoms with E-state index in [9.17, 15) is 4.79 Å². The topological polar surface area (TPSA) is 66.9 Å². The Hall–Kier alpha value is -2.79.